The van der Waals surface area contributed by atoms with Gasteiger partial charge < -0.3 is 59.8 Å². The number of hydrogen-bond acceptors (Lipinski definition) is 16. The number of phenols is 8. The molecule has 308 valence electrons. The molecule has 0 unspecified atom stereocenters. The third-order valence-electron chi connectivity index (χ3n) is 9.87. The molecule has 5 aromatic carbocycles. The number of carbonyl (C=O) groups is 4. The third kappa shape index (κ3) is 7.62. The lowest BCUT2D eigenvalue weighted by Gasteiger charge is -2.21. The quantitative estimate of drug-likeness (QED) is 0.0473. The number of aryl methyl sites for hydroxylation is 5. The fraction of sp³-hybridized carbons (Fsp3) is 0.209. The molecular weight excluding hydrogens is 772 g/mol. The summed E-state index contributed by atoms with van der Waals surface area (Å²) in [6.07, 6.45) is -0.505. The second-order valence-corrected chi connectivity index (χ2v) is 13.7. The fourth-order valence-electron chi connectivity index (χ4n) is 6.76. The van der Waals surface area contributed by atoms with Gasteiger partial charge in [-0.3, -0.25) is 9.59 Å². The molecule has 0 radical (unpaired) electrons. The van der Waals surface area contributed by atoms with E-state index in [1.807, 2.05) is 0 Å². The highest BCUT2D eigenvalue weighted by Gasteiger charge is 2.30. The molecule has 59 heavy (non-hydrogen) atoms. The number of esters is 2. The zero-order valence-corrected chi connectivity index (χ0v) is 32.8. The van der Waals surface area contributed by atoms with Gasteiger partial charge in [-0.15, -0.1) is 0 Å². The van der Waals surface area contributed by atoms with Gasteiger partial charge in [0.25, 0.3) is 0 Å². The monoisotopic (exact) mass is 812 g/mol. The van der Waals surface area contributed by atoms with E-state index in [2.05, 4.69) is 0 Å². The van der Waals surface area contributed by atoms with E-state index < -0.39 is 93.4 Å². The number of phenolic OH excluding ortho intramolecular Hbond substituents is 8. The molecule has 0 saturated carbocycles. The van der Waals surface area contributed by atoms with Gasteiger partial charge >= 0.3 is 11.9 Å². The lowest BCUT2D eigenvalue weighted by atomic mass is 9.91. The highest BCUT2D eigenvalue weighted by molar-refractivity contribution is 6.00. The Hall–Kier alpha value is -7.62. The number of rotatable bonds is 12. The van der Waals surface area contributed by atoms with Crippen LogP contribution < -0.4 is 9.47 Å². The van der Waals surface area contributed by atoms with Crippen molar-refractivity contribution in [3.63, 3.8) is 0 Å². The Bertz CT molecular complexity index is 2410. The van der Waals surface area contributed by atoms with Crippen LogP contribution in [0.1, 0.15) is 91.5 Å². The van der Waals surface area contributed by atoms with Crippen molar-refractivity contribution < 1.29 is 79.0 Å². The predicted molar refractivity (Wildman–Crippen MR) is 208 cm³/mol. The third-order valence-corrected chi connectivity index (χ3v) is 9.87. The topological polar surface area (TPSA) is 267 Å². The maximum atomic E-state index is 12.8. The summed E-state index contributed by atoms with van der Waals surface area (Å²) in [5, 5.41) is 88.9. The molecule has 0 spiro atoms. The zero-order valence-electron chi connectivity index (χ0n) is 32.8. The predicted octanol–water partition coefficient (Wildman–Crippen LogP) is 6.84. The lowest BCUT2D eigenvalue weighted by molar-refractivity contribution is 0.0587. The van der Waals surface area contributed by atoms with Crippen LogP contribution in [0.3, 0.4) is 0 Å². The maximum absolute atomic E-state index is 12.8. The molecule has 0 heterocycles. The van der Waals surface area contributed by atoms with Crippen molar-refractivity contribution in [2.45, 2.75) is 47.5 Å². The molecule has 0 fully saturated rings. The second kappa shape index (κ2) is 16.5. The SMILES string of the molecule is COC(=O)c1c(C)cc(O)c(C=O)c1Oc1c(C)cc(O)c(Cc2c(C)cc(O)c(Cc3c(O)cc(C)c(Oc4c(C=O)c(O)cc(C)c4C(=O)OC)c3O)c2O)c1O. The first kappa shape index (κ1) is 42.5. The smallest absolute Gasteiger partial charge is 0.341 e. The van der Waals surface area contributed by atoms with Gasteiger partial charge in [-0.2, -0.15) is 0 Å². The average molecular weight is 813 g/mol. The minimum atomic E-state index is -0.922. The van der Waals surface area contributed by atoms with Gasteiger partial charge in [0.15, 0.2) is 47.1 Å². The van der Waals surface area contributed by atoms with Crippen molar-refractivity contribution in [2.75, 3.05) is 14.2 Å². The van der Waals surface area contributed by atoms with Crippen molar-refractivity contribution in [1.29, 1.82) is 0 Å². The number of methoxy groups -OCH3 is 2. The van der Waals surface area contributed by atoms with E-state index in [0.29, 0.717) is 0 Å². The van der Waals surface area contributed by atoms with Crippen LogP contribution in [-0.4, -0.2) is 79.6 Å². The molecular formula is C43H40O16. The minimum Gasteiger partial charge on any atom is -0.508 e. The van der Waals surface area contributed by atoms with Gasteiger partial charge in [-0.05, 0) is 92.8 Å². The molecule has 0 bridgehead atoms. The number of benzene rings is 5. The summed E-state index contributed by atoms with van der Waals surface area (Å²) in [4.78, 5) is 49.6. The summed E-state index contributed by atoms with van der Waals surface area (Å²) < 4.78 is 21.6. The van der Waals surface area contributed by atoms with Crippen molar-refractivity contribution in [2.24, 2.45) is 0 Å². The normalized spacial score (nSPS) is 10.9. The summed E-state index contributed by atoms with van der Waals surface area (Å²) in [5.41, 5.74) is -1.16. The Kier molecular flexibility index (Phi) is 11.9. The first-order valence-electron chi connectivity index (χ1n) is 17.6. The van der Waals surface area contributed by atoms with E-state index in [1.54, 1.807) is 0 Å². The van der Waals surface area contributed by atoms with Crippen LogP contribution >= 0.6 is 0 Å². The number of aromatic hydroxyl groups is 8. The van der Waals surface area contributed by atoms with Crippen LogP contribution in [0.15, 0.2) is 30.3 Å². The van der Waals surface area contributed by atoms with Gasteiger partial charge in [-0.1, -0.05) is 0 Å². The largest absolute Gasteiger partial charge is 0.508 e. The molecule has 8 N–H and O–H groups in total. The van der Waals surface area contributed by atoms with Gasteiger partial charge in [-0.25, -0.2) is 9.59 Å². The number of carbonyl (C=O) groups excluding carboxylic acids is 4. The summed E-state index contributed by atoms with van der Waals surface area (Å²) in [7, 11) is 2.19. The van der Waals surface area contributed by atoms with E-state index >= 15 is 0 Å². The molecule has 5 aromatic rings. The van der Waals surface area contributed by atoms with Crippen LogP contribution in [0.4, 0.5) is 0 Å². The minimum absolute atomic E-state index is 0.0476. The number of hydrogen-bond donors (Lipinski definition) is 8. The van der Waals surface area contributed by atoms with Crippen LogP contribution in [0, 0.1) is 34.6 Å². The molecule has 0 saturated heterocycles. The molecule has 5 rings (SSSR count). The number of ether oxygens (including phenoxy) is 4. The molecule has 16 heteroatoms. The molecule has 0 amide bonds. The molecule has 0 aliphatic rings. The Morgan fingerprint density at radius 1 is 0.458 bits per heavy atom. The molecule has 16 nitrogen and oxygen atoms in total. The highest BCUT2D eigenvalue weighted by atomic mass is 16.5. The van der Waals surface area contributed by atoms with E-state index in [0.717, 1.165) is 26.4 Å². The summed E-state index contributed by atoms with van der Waals surface area (Å²) in [5.74, 6) is -7.91. The van der Waals surface area contributed by atoms with Gasteiger partial charge in [0.05, 0.1) is 25.3 Å². The highest BCUT2D eigenvalue weighted by Crippen LogP contribution is 2.49. The Labute approximate surface area is 336 Å². The van der Waals surface area contributed by atoms with Gasteiger partial charge in [0.1, 0.15) is 45.6 Å². The van der Waals surface area contributed by atoms with Crippen LogP contribution in [0.25, 0.3) is 0 Å². The van der Waals surface area contributed by atoms with Gasteiger partial charge in [0, 0.05) is 35.1 Å². The van der Waals surface area contributed by atoms with Crippen LogP contribution in [-0.2, 0) is 22.3 Å². The maximum Gasteiger partial charge on any atom is 0.341 e. The summed E-state index contributed by atoms with van der Waals surface area (Å²) >= 11 is 0. The summed E-state index contributed by atoms with van der Waals surface area (Å²) in [6.45, 7) is 7.31. The molecule has 0 aliphatic heterocycles. The van der Waals surface area contributed by atoms with Crippen molar-refractivity contribution in [3.8, 4) is 69.0 Å². The van der Waals surface area contributed by atoms with Crippen molar-refractivity contribution in [3.05, 3.63) is 103 Å². The van der Waals surface area contributed by atoms with E-state index in [4.69, 9.17) is 18.9 Å². The van der Waals surface area contributed by atoms with E-state index in [9.17, 15) is 60.0 Å². The standard InChI is InChI=1S/C43H40O16/c1-17-8-28(46)23(14-25-30(48)12-21(5)39(37(25)53)59-41-27(16-45)32(50)10-19(3)34(41)43(55)57-7)35(51)22(17)13-24-29(47)11-20(4)38(36(24)52)58-40-26(15-44)31(49)9-18(2)33(40)42(54)56-6/h8-12,15-16,46-53H,13-14H2,1-7H3. The second-order valence-electron chi connectivity index (χ2n) is 13.7. The van der Waals surface area contributed by atoms with Gasteiger partial charge in [0.2, 0.25) is 0 Å². The number of aldehydes is 2. The molecule has 0 aromatic heterocycles. The van der Waals surface area contributed by atoms with E-state index in [-0.39, 0.29) is 85.3 Å². The summed E-state index contributed by atoms with van der Waals surface area (Å²) in [6, 6.07) is 5.97. The lowest BCUT2D eigenvalue weighted by Crippen LogP contribution is -2.09. The fourth-order valence-corrected chi connectivity index (χ4v) is 6.76. The molecule has 0 atom stereocenters. The average Bonchev–Trinajstić information content (AvgIpc) is 3.16. The Morgan fingerprint density at radius 3 is 1.14 bits per heavy atom. The first-order chi connectivity index (χ1) is 27.8. The van der Waals surface area contributed by atoms with E-state index in [1.165, 1.54) is 52.8 Å². The Balaban J connectivity index is 1.61. The first-order valence-corrected chi connectivity index (χ1v) is 17.6. The van der Waals surface area contributed by atoms with Crippen molar-refractivity contribution in [1.82, 2.24) is 0 Å². The zero-order chi connectivity index (χ0) is 43.8. The van der Waals surface area contributed by atoms with Crippen LogP contribution in [0.5, 0.6) is 69.0 Å². The van der Waals surface area contributed by atoms with Crippen LogP contribution in [0.2, 0.25) is 0 Å². The molecule has 0 aliphatic carbocycles. The Morgan fingerprint density at radius 2 is 0.780 bits per heavy atom. The van der Waals surface area contributed by atoms with Crippen molar-refractivity contribution >= 4 is 24.5 Å².